The van der Waals surface area contributed by atoms with Crippen molar-refractivity contribution in [1.82, 2.24) is 4.90 Å². The number of nitrogens with one attached hydrogen (secondary N) is 1. The summed E-state index contributed by atoms with van der Waals surface area (Å²) in [4.78, 5) is 26.6. The Morgan fingerprint density at radius 3 is 2.64 bits per heavy atom. The first-order chi connectivity index (χ1) is 13.7. The molecule has 0 aliphatic carbocycles. The van der Waals surface area contributed by atoms with Crippen LogP contribution in [0.4, 0.5) is 5.69 Å². The lowest BCUT2D eigenvalue weighted by Gasteiger charge is -2.16. The van der Waals surface area contributed by atoms with Crippen LogP contribution in [-0.2, 0) is 16.1 Å². The number of anilines is 1. The topological polar surface area (TPSA) is 71.8 Å². The summed E-state index contributed by atoms with van der Waals surface area (Å²) in [5.41, 5.74) is 0.577. The summed E-state index contributed by atoms with van der Waals surface area (Å²) in [5, 5.41) is 2.91. The number of rotatable bonds is 6. The Hall–Kier alpha value is -3.54. The second kappa shape index (κ2) is 8.00. The van der Waals surface area contributed by atoms with E-state index >= 15 is 0 Å². The van der Waals surface area contributed by atoms with Gasteiger partial charge in [-0.05, 0) is 36.4 Å². The summed E-state index contributed by atoms with van der Waals surface area (Å²) in [6.07, 6.45) is 1.76. The smallest absolute Gasteiger partial charge is 0.229 e. The van der Waals surface area contributed by atoms with Crippen molar-refractivity contribution in [2.24, 2.45) is 5.92 Å². The van der Waals surface area contributed by atoms with Crippen molar-refractivity contribution in [1.29, 1.82) is 0 Å². The highest BCUT2D eigenvalue weighted by Gasteiger charge is 2.34. The molecule has 3 aromatic rings. The summed E-state index contributed by atoms with van der Waals surface area (Å²) in [6, 6.07) is 20.2. The zero-order valence-corrected chi connectivity index (χ0v) is 15.2. The van der Waals surface area contributed by atoms with Gasteiger partial charge in [0.25, 0.3) is 0 Å². The van der Waals surface area contributed by atoms with Crippen molar-refractivity contribution < 1.29 is 18.7 Å². The van der Waals surface area contributed by atoms with Crippen LogP contribution in [0, 0.1) is 5.92 Å². The highest BCUT2D eigenvalue weighted by molar-refractivity contribution is 5.98. The number of benzene rings is 2. The Kier molecular flexibility index (Phi) is 5.10. The van der Waals surface area contributed by atoms with Crippen molar-refractivity contribution in [3.63, 3.8) is 0 Å². The summed E-state index contributed by atoms with van der Waals surface area (Å²) >= 11 is 0. The van der Waals surface area contributed by atoms with E-state index in [4.69, 9.17) is 9.15 Å². The van der Waals surface area contributed by atoms with Gasteiger partial charge < -0.3 is 19.4 Å². The average Bonchev–Trinajstić information content (AvgIpc) is 3.35. The molecule has 1 N–H and O–H groups in total. The average molecular weight is 376 g/mol. The fraction of sp³-hybridized carbons (Fsp3) is 0.182. The van der Waals surface area contributed by atoms with Crippen molar-refractivity contribution in [2.45, 2.75) is 13.0 Å². The maximum Gasteiger partial charge on any atom is 0.229 e. The molecule has 0 spiro atoms. The van der Waals surface area contributed by atoms with Crippen LogP contribution in [0.15, 0.2) is 77.4 Å². The second-order valence-electron chi connectivity index (χ2n) is 6.66. The van der Waals surface area contributed by atoms with E-state index in [9.17, 15) is 9.59 Å². The Morgan fingerprint density at radius 2 is 1.86 bits per heavy atom. The molecule has 1 aliphatic rings. The molecule has 2 aromatic carbocycles. The molecule has 1 aromatic heterocycles. The van der Waals surface area contributed by atoms with E-state index in [0.29, 0.717) is 36.0 Å². The molecule has 2 heterocycles. The summed E-state index contributed by atoms with van der Waals surface area (Å²) in [6.45, 7) is 0.746. The first-order valence-electron chi connectivity index (χ1n) is 9.12. The number of hydrogen-bond acceptors (Lipinski definition) is 4. The minimum atomic E-state index is -0.410. The maximum atomic E-state index is 12.7. The molecular weight excluding hydrogens is 356 g/mol. The van der Waals surface area contributed by atoms with E-state index in [0.717, 1.165) is 0 Å². The Bertz CT molecular complexity index is 954. The fourth-order valence-corrected chi connectivity index (χ4v) is 3.20. The predicted molar refractivity (Wildman–Crippen MR) is 104 cm³/mol. The molecule has 6 nitrogen and oxygen atoms in total. The number of carbonyl (C=O) groups excluding carboxylic acids is 2. The number of ether oxygens (including phenoxy) is 1. The van der Waals surface area contributed by atoms with Gasteiger partial charge in [-0.25, -0.2) is 0 Å². The van der Waals surface area contributed by atoms with E-state index in [-0.39, 0.29) is 18.2 Å². The third-order valence-corrected chi connectivity index (χ3v) is 4.63. The first-order valence-corrected chi connectivity index (χ1v) is 9.12. The molecule has 1 aliphatic heterocycles. The number of carbonyl (C=O) groups is 2. The van der Waals surface area contributed by atoms with Crippen molar-refractivity contribution in [2.75, 3.05) is 11.9 Å². The Labute approximate surface area is 162 Å². The van der Waals surface area contributed by atoms with E-state index in [1.807, 2.05) is 48.5 Å². The highest BCUT2D eigenvalue weighted by Crippen LogP contribution is 2.30. The van der Waals surface area contributed by atoms with Crippen LogP contribution in [0.5, 0.6) is 11.5 Å². The van der Waals surface area contributed by atoms with E-state index in [2.05, 4.69) is 5.32 Å². The van der Waals surface area contributed by atoms with Crippen LogP contribution in [0.25, 0.3) is 0 Å². The molecule has 1 atom stereocenters. The van der Waals surface area contributed by atoms with Crippen molar-refractivity contribution in [3.05, 3.63) is 78.8 Å². The van der Waals surface area contributed by atoms with E-state index < -0.39 is 5.92 Å². The minimum absolute atomic E-state index is 0.0506. The fourth-order valence-electron chi connectivity index (χ4n) is 3.20. The molecule has 0 saturated carbocycles. The molecule has 28 heavy (non-hydrogen) atoms. The Morgan fingerprint density at radius 1 is 1.07 bits per heavy atom. The summed E-state index contributed by atoms with van der Waals surface area (Å²) in [5.74, 6) is 1.29. The maximum absolute atomic E-state index is 12.7. The van der Waals surface area contributed by atoms with Gasteiger partial charge in [0, 0.05) is 13.0 Å². The zero-order valence-electron chi connectivity index (χ0n) is 15.2. The Balaban J connectivity index is 1.42. The molecule has 142 valence electrons. The summed E-state index contributed by atoms with van der Waals surface area (Å²) in [7, 11) is 0. The van der Waals surface area contributed by atoms with Gasteiger partial charge >= 0.3 is 0 Å². The van der Waals surface area contributed by atoms with Crippen LogP contribution in [0.3, 0.4) is 0 Å². The standard InChI is InChI=1S/C22H20N2O4/c25-21-13-16(14-24(21)15-18-9-6-12-27-18)22(26)23-19-10-4-5-11-20(19)28-17-7-2-1-3-8-17/h1-12,16H,13-15H2,(H,23,26). The van der Waals surface area contributed by atoms with E-state index in [1.54, 1.807) is 29.4 Å². The lowest BCUT2D eigenvalue weighted by molar-refractivity contribution is -0.128. The van der Waals surface area contributed by atoms with Crippen molar-refractivity contribution >= 4 is 17.5 Å². The summed E-state index contributed by atoms with van der Waals surface area (Å²) < 4.78 is 11.2. The number of para-hydroxylation sites is 3. The van der Waals surface area contributed by atoms with Crippen LogP contribution in [0.1, 0.15) is 12.2 Å². The van der Waals surface area contributed by atoms with Gasteiger partial charge in [-0.1, -0.05) is 30.3 Å². The SMILES string of the molecule is O=C(Nc1ccccc1Oc1ccccc1)C1CC(=O)N(Cc2ccco2)C1. The molecule has 1 fully saturated rings. The van der Waals surface area contributed by atoms with Crippen LogP contribution < -0.4 is 10.1 Å². The van der Waals surface area contributed by atoms with Crippen molar-refractivity contribution in [3.8, 4) is 11.5 Å². The molecule has 1 unspecified atom stereocenters. The largest absolute Gasteiger partial charge is 0.467 e. The minimum Gasteiger partial charge on any atom is -0.467 e. The molecule has 0 bridgehead atoms. The zero-order chi connectivity index (χ0) is 19.3. The lowest BCUT2D eigenvalue weighted by atomic mass is 10.1. The van der Waals surface area contributed by atoms with Gasteiger partial charge in [0.05, 0.1) is 24.4 Å². The van der Waals surface area contributed by atoms with Crippen LogP contribution >= 0.6 is 0 Å². The van der Waals surface area contributed by atoms with Gasteiger partial charge in [0.15, 0.2) is 5.75 Å². The van der Waals surface area contributed by atoms with Gasteiger partial charge in [-0.3, -0.25) is 9.59 Å². The van der Waals surface area contributed by atoms with Crippen LogP contribution in [-0.4, -0.2) is 23.3 Å². The quantitative estimate of drug-likeness (QED) is 0.704. The lowest BCUT2D eigenvalue weighted by Crippen LogP contribution is -2.28. The third kappa shape index (κ3) is 4.06. The molecule has 0 radical (unpaired) electrons. The monoisotopic (exact) mass is 376 g/mol. The van der Waals surface area contributed by atoms with E-state index in [1.165, 1.54) is 0 Å². The number of hydrogen-bond donors (Lipinski definition) is 1. The third-order valence-electron chi connectivity index (χ3n) is 4.63. The number of likely N-dealkylation sites (tertiary alicyclic amines) is 1. The predicted octanol–water partition coefficient (Wildman–Crippen LogP) is 4.06. The number of amides is 2. The van der Waals surface area contributed by atoms with Crippen LogP contribution in [0.2, 0.25) is 0 Å². The molecule has 4 rings (SSSR count). The molecule has 1 saturated heterocycles. The molecule has 2 amide bonds. The van der Waals surface area contributed by atoms with Gasteiger partial charge in [0.2, 0.25) is 11.8 Å². The number of nitrogens with zero attached hydrogens (tertiary/aromatic N) is 1. The normalized spacial score (nSPS) is 16.2. The van der Waals surface area contributed by atoms with Gasteiger partial charge in [-0.15, -0.1) is 0 Å². The molecule has 6 heteroatoms. The van der Waals surface area contributed by atoms with Gasteiger partial charge in [0.1, 0.15) is 11.5 Å². The first kappa shape index (κ1) is 17.9. The van der Waals surface area contributed by atoms with Gasteiger partial charge in [-0.2, -0.15) is 0 Å². The number of furan rings is 1. The second-order valence-corrected chi connectivity index (χ2v) is 6.66. The molecular formula is C22H20N2O4. The highest BCUT2D eigenvalue weighted by atomic mass is 16.5.